The van der Waals surface area contributed by atoms with Gasteiger partial charge in [0, 0.05) is 63.3 Å². The van der Waals surface area contributed by atoms with E-state index in [4.69, 9.17) is 29.3 Å². The Morgan fingerprint density at radius 1 is 0.368 bits per heavy atom. The maximum Gasteiger partial charge on any atom is 0.167 e. The Kier molecular flexibility index (Phi) is 7.17. The molecule has 0 aliphatic heterocycles. The van der Waals surface area contributed by atoms with E-state index >= 15 is 0 Å². The Hall–Kier alpha value is -7.13. The summed E-state index contributed by atoms with van der Waals surface area (Å²) in [4.78, 5) is 26.1. The predicted molar refractivity (Wildman–Crippen MR) is 236 cm³/mol. The highest BCUT2D eigenvalue weighted by atomic mass is 32.1. The Bertz CT molecular complexity index is 3540. The fourth-order valence-corrected chi connectivity index (χ4v) is 10.4. The number of rotatable bonds is 5. The number of thiophene rings is 2. The van der Waals surface area contributed by atoms with Gasteiger partial charge < -0.3 is 4.42 Å². The minimum atomic E-state index is 0.556. The van der Waals surface area contributed by atoms with E-state index in [1.54, 1.807) is 22.7 Å². The quantitative estimate of drug-likeness (QED) is 0.174. The van der Waals surface area contributed by atoms with Crippen molar-refractivity contribution in [3.8, 4) is 56.8 Å². The third-order valence-corrected chi connectivity index (χ3v) is 13.0. The molecule has 5 heterocycles. The van der Waals surface area contributed by atoms with Crippen molar-refractivity contribution in [1.82, 2.24) is 24.9 Å². The number of hydrogen-bond acceptors (Lipinski definition) is 8. The molecule has 6 nitrogen and oxygen atoms in total. The zero-order valence-corrected chi connectivity index (χ0v) is 31.7. The molecule has 0 fully saturated rings. The first-order valence-corrected chi connectivity index (χ1v) is 20.3. The van der Waals surface area contributed by atoms with Gasteiger partial charge in [0.05, 0.1) is 21.5 Å². The molecule has 266 valence electrons. The van der Waals surface area contributed by atoms with Crippen molar-refractivity contribution < 1.29 is 4.42 Å². The molecule has 7 aromatic carbocycles. The van der Waals surface area contributed by atoms with E-state index in [0.717, 1.165) is 91.2 Å². The average molecular weight is 766 g/mol. The molecular weight excluding hydrogens is 739 g/mol. The summed E-state index contributed by atoms with van der Waals surface area (Å²) >= 11 is 3.48. The molecule has 0 atom stereocenters. The standard InChI is InChI=1S/C49H27N5OS2/c1-3-14-28(15-4-1)41-45-42(32-19-8-10-26-38(32)56-45)51-47(50-41)34-22-13-27-39-40(34)33-21-12-24-36(44(33)57-39)49-53-46(29-16-5-2-6-17-29)52-48(54-49)35-23-11-20-31-30-18-7-9-25-37(30)55-43(31)35/h1-27H. The topological polar surface area (TPSA) is 77.6 Å². The summed E-state index contributed by atoms with van der Waals surface area (Å²) in [6.07, 6.45) is 0. The Labute approximate surface area is 333 Å². The van der Waals surface area contributed by atoms with Crippen LogP contribution in [0.4, 0.5) is 0 Å². The first kappa shape index (κ1) is 32.1. The van der Waals surface area contributed by atoms with Crippen molar-refractivity contribution in [1.29, 1.82) is 0 Å². The van der Waals surface area contributed by atoms with Crippen LogP contribution in [-0.2, 0) is 0 Å². The second-order valence-corrected chi connectivity index (χ2v) is 16.1. The third kappa shape index (κ3) is 5.12. The Balaban J connectivity index is 1.09. The molecule has 0 saturated carbocycles. The minimum Gasteiger partial charge on any atom is -0.455 e. The largest absolute Gasteiger partial charge is 0.455 e. The van der Waals surface area contributed by atoms with Gasteiger partial charge in [-0.05, 0) is 30.3 Å². The second kappa shape index (κ2) is 12.7. The number of hydrogen-bond donors (Lipinski definition) is 0. The van der Waals surface area contributed by atoms with E-state index in [9.17, 15) is 0 Å². The van der Waals surface area contributed by atoms with Crippen molar-refractivity contribution in [2.75, 3.05) is 0 Å². The van der Waals surface area contributed by atoms with Gasteiger partial charge in [0.1, 0.15) is 11.2 Å². The fraction of sp³-hybridized carbons (Fsp3) is 0. The summed E-state index contributed by atoms with van der Waals surface area (Å²) in [6.45, 7) is 0. The molecule has 0 saturated heterocycles. The van der Waals surface area contributed by atoms with Gasteiger partial charge in [-0.25, -0.2) is 24.9 Å². The molecule has 0 N–H and O–H groups in total. The summed E-state index contributed by atoms with van der Waals surface area (Å²) in [5.74, 6) is 2.45. The van der Waals surface area contributed by atoms with Gasteiger partial charge in [0.25, 0.3) is 0 Å². The molecule has 0 aliphatic rings. The molecule has 0 unspecified atom stereocenters. The lowest BCUT2D eigenvalue weighted by molar-refractivity contribution is 0.669. The number of nitrogens with zero attached hydrogens (tertiary/aromatic N) is 5. The predicted octanol–water partition coefficient (Wildman–Crippen LogP) is 13.6. The van der Waals surface area contributed by atoms with Crippen LogP contribution in [-0.4, -0.2) is 24.9 Å². The molecule has 8 heteroatoms. The van der Waals surface area contributed by atoms with Gasteiger partial charge in [-0.1, -0.05) is 133 Å². The zero-order valence-electron chi connectivity index (χ0n) is 30.0. The summed E-state index contributed by atoms with van der Waals surface area (Å²) in [6, 6.07) is 56.1. The smallest absolute Gasteiger partial charge is 0.167 e. The van der Waals surface area contributed by atoms with E-state index in [-0.39, 0.29) is 0 Å². The maximum atomic E-state index is 6.47. The van der Waals surface area contributed by atoms with Crippen LogP contribution in [0.15, 0.2) is 168 Å². The Morgan fingerprint density at radius 2 is 0.947 bits per heavy atom. The molecule has 0 amide bonds. The van der Waals surface area contributed by atoms with Gasteiger partial charge in [-0.2, -0.15) is 0 Å². The van der Waals surface area contributed by atoms with Gasteiger partial charge >= 0.3 is 0 Å². The minimum absolute atomic E-state index is 0.556. The van der Waals surface area contributed by atoms with Crippen LogP contribution >= 0.6 is 22.7 Å². The maximum absolute atomic E-state index is 6.47. The lowest BCUT2D eigenvalue weighted by Gasteiger charge is -2.10. The number of benzene rings is 7. The van der Waals surface area contributed by atoms with Crippen LogP contribution < -0.4 is 0 Å². The average Bonchev–Trinajstić information content (AvgIpc) is 3.98. The molecule has 12 rings (SSSR count). The number of fused-ring (bicyclic) bond motifs is 9. The first-order valence-electron chi connectivity index (χ1n) is 18.7. The number of aromatic nitrogens is 5. The highest BCUT2D eigenvalue weighted by molar-refractivity contribution is 7.26. The van der Waals surface area contributed by atoms with Gasteiger partial charge in [-0.3, -0.25) is 0 Å². The highest BCUT2D eigenvalue weighted by Gasteiger charge is 2.22. The summed E-state index contributed by atoms with van der Waals surface area (Å²) in [7, 11) is 0. The summed E-state index contributed by atoms with van der Waals surface area (Å²) < 4.78 is 11.0. The van der Waals surface area contributed by atoms with Crippen LogP contribution in [0, 0.1) is 0 Å². The van der Waals surface area contributed by atoms with Gasteiger partial charge in [0.2, 0.25) is 0 Å². The molecule has 0 bridgehead atoms. The second-order valence-electron chi connectivity index (χ2n) is 14.0. The van der Waals surface area contributed by atoms with E-state index in [1.807, 2.05) is 66.7 Å². The van der Waals surface area contributed by atoms with E-state index in [2.05, 4.69) is 97.1 Å². The van der Waals surface area contributed by atoms with E-state index in [0.29, 0.717) is 23.3 Å². The molecule has 5 aromatic heterocycles. The molecule has 57 heavy (non-hydrogen) atoms. The molecule has 0 radical (unpaired) electrons. The molecule has 12 aromatic rings. The van der Waals surface area contributed by atoms with Crippen molar-refractivity contribution in [3.63, 3.8) is 0 Å². The highest BCUT2D eigenvalue weighted by Crippen LogP contribution is 2.45. The number of furan rings is 1. The summed E-state index contributed by atoms with van der Waals surface area (Å²) in [5, 5.41) is 5.44. The molecular formula is C49H27N5OS2. The van der Waals surface area contributed by atoms with Gasteiger partial charge in [0.15, 0.2) is 23.3 Å². The van der Waals surface area contributed by atoms with E-state index < -0.39 is 0 Å². The lowest BCUT2D eigenvalue weighted by Crippen LogP contribution is -2.00. The van der Waals surface area contributed by atoms with Crippen LogP contribution in [0.2, 0.25) is 0 Å². The van der Waals surface area contributed by atoms with Crippen LogP contribution in [0.5, 0.6) is 0 Å². The molecule has 0 spiro atoms. The van der Waals surface area contributed by atoms with Crippen molar-refractivity contribution >= 4 is 85.1 Å². The van der Waals surface area contributed by atoms with Crippen molar-refractivity contribution in [3.05, 3.63) is 164 Å². The van der Waals surface area contributed by atoms with E-state index in [1.165, 1.54) is 4.70 Å². The first-order chi connectivity index (χ1) is 28.2. The van der Waals surface area contributed by atoms with Crippen molar-refractivity contribution in [2.45, 2.75) is 0 Å². The normalized spacial score (nSPS) is 11.9. The molecule has 0 aliphatic carbocycles. The third-order valence-electron chi connectivity index (χ3n) is 10.6. The fourth-order valence-electron chi connectivity index (χ4n) is 7.97. The zero-order chi connectivity index (χ0) is 37.5. The SMILES string of the molecule is c1ccc(-c2nc(-c3cccc4c3oc3ccccc34)nc(-c3cccc4c3sc3cccc(-c5nc(-c6ccccc6)c6sc7ccccc7c6n5)c34)n2)cc1. The van der Waals surface area contributed by atoms with Crippen LogP contribution in [0.3, 0.4) is 0 Å². The number of para-hydroxylation sites is 2. The monoisotopic (exact) mass is 765 g/mol. The van der Waals surface area contributed by atoms with Crippen LogP contribution in [0.25, 0.3) is 119 Å². The Morgan fingerprint density at radius 3 is 1.79 bits per heavy atom. The van der Waals surface area contributed by atoms with Crippen molar-refractivity contribution in [2.24, 2.45) is 0 Å². The van der Waals surface area contributed by atoms with Crippen LogP contribution in [0.1, 0.15) is 0 Å². The summed E-state index contributed by atoms with van der Waals surface area (Å²) in [5.41, 5.74) is 8.22. The lowest BCUT2D eigenvalue weighted by atomic mass is 10.0. The van der Waals surface area contributed by atoms with Gasteiger partial charge in [-0.15, -0.1) is 22.7 Å².